The highest BCUT2D eigenvalue weighted by atomic mass is 35.5. The fourth-order valence-electron chi connectivity index (χ4n) is 5.64. The van der Waals surface area contributed by atoms with E-state index in [0.717, 1.165) is 24.1 Å². The van der Waals surface area contributed by atoms with Gasteiger partial charge in [0.05, 0.1) is 37.1 Å². The van der Waals surface area contributed by atoms with Crippen molar-refractivity contribution in [1.29, 1.82) is 0 Å². The van der Waals surface area contributed by atoms with E-state index in [0.29, 0.717) is 51.3 Å². The highest BCUT2D eigenvalue weighted by Gasteiger charge is 2.45. The van der Waals surface area contributed by atoms with Gasteiger partial charge in [-0.15, -0.1) is 0 Å². The number of fused-ring (bicyclic) bond motifs is 1. The minimum Gasteiger partial charge on any atom is -0.496 e. The van der Waals surface area contributed by atoms with Gasteiger partial charge in [-0.1, -0.05) is 48.0 Å². The molecule has 5 rings (SSSR count). The summed E-state index contributed by atoms with van der Waals surface area (Å²) in [5, 5.41) is 13.5. The molecule has 0 aliphatic heterocycles. The number of hydrogen-bond donors (Lipinski definition) is 2. The van der Waals surface area contributed by atoms with E-state index in [1.54, 1.807) is 44.6 Å². The number of aliphatic carboxylic acids is 1. The van der Waals surface area contributed by atoms with Crippen LogP contribution in [-0.2, 0) is 17.6 Å². The zero-order chi connectivity index (χ0) is 32.1. The van der Waals surface area contributed by atoms with Gasteiger partial charge < -0.3 is 29.5 Å². The molecule has 0 saturated heterocycles. The van der Waals surface area contributed by atoms with E-state index < -0.39 is 17.4 Å². The van der Waals surface area contributed by atoms with E-state index in [1.807, 2.05) is 56.6 Å². The van der Waals surface area contributed by atoms with Gasteiger partial charge in [0, 0.05) is 30.5 Å². The molecule has 2 N–H and O–H groups in total. The van der Waals surface area contributed by atoms with Crippen LogP contribution in [0.15, 0.2) is 72.8 Å². The van der Waals surface area contributed by atoms with E-state index in [4.69, 9.17) is 30.8 Å². The Kier molecular flexibility index (Phi) is 9.60. The Morgan fingerprint density at radius 2 is 1.60 bits per heavy atom. The molecule has 0 atom stereocenters. The standard InChI is InChI=1S/C35H36ClN3O6/c1-39(2)17-8-18-45-30-19-22(13-15-26(30)36)32-25(31-28(43-3)11-7-12-29(31)44-4)14-16-27(37-32)33(40)38-35(34(41)42)20-23-9-5-6-10-24(23)21-35/h5-7,9-16,19H,8,17-18,20-21H2,1-4H3,(H,38,40)(H,41,42). The van der Waals surface area contributed by atoms with Crippen LogP contribution in [0.2, 0.25) is 5.02 Å². The van der Waals surface area contributed by atoms with Crippen molar-refractivity contribution in [3.8, 4) is 39.6 Å². The molecule has 1 heterocycles. The molecule has 4 aromatic rings. The van der Waals surface area contributed by atoms with Crippen molar-refractivity contribution < 1.29 is 28.9 Å². The van der Waals surface area contributed by atoms with Crippen LogP contribution in [0.1, 0.15) is 28.0 Å². The summed E-state index contributed by atoms with van der Waals surface area (Å²) in [7, 11) is 7.14. The van der Waals surface area contributed by atoms with Gasteiger partial charge in [0.25, 0.3) is 5.91 Å². The number of pyridine rings is 1. The number of carbonyl (C=O) groups excluding carboxylic acids is 1. The third kappa shape index (κ3) is 6.74. The minimum absolute atomic E-state index is 0.0580. The van der Waals surface area contributed by atoms with Crippen molar-refractivity contribution in [1.82, 2.24) is 15.2 Å². The highest BCUT2D eigenvalue weighted by Crippen LogP contribution is 2.43. The number of benzene rings is 3. The molecule has 1 amide bonds. The van der Waals surface area contributed by atoms with Crippen LogP contribution in [0.3, 0.4) is 0 Å². The molecular formula is C35H36ClN3O6. The topological polar surface area (TPSA) is 110 Å². The lowest BCUT2D eigenvalue weighted by Gasteiger charge is -2.25. The van der Waals surface area contributed by atoms with Crippen LogP contribution in [0.4, 0.5) is 0 Å². The number of carboxylic acids is 1. The average Bonchev–Trinajstić information content (AvgIpc) is 3.42. The summed E-state index contributed by atoms with van der Waals surface area (Å²) < 4.78 is 17.4. The summed E-state index contributed by atoms with van der Waals surface area (Å²) in [6.45, 7) is 1.32. The Bertz CT molecular complexity index is 1680. The number of amides is 1. The van der Waals surface area contributed by atoms with Crippen LogP contribution in [0.25, 0.3) is 22.4 Å². The van der Waals surface area contributed by atoms with Gasteiger partial charge in [-0.05, 0) is 68.0 Å². The van der Waals surface area contributed by atoms with Gasteiger partial charge in [0.15, 0.2) is 0 Å². The number of halogens is 1. The zero-order valence-corrected chi connectivity index (χ0v) is 26.5. The van der Waals surface area contributed by atoms with Crippen molar-refractivity contribution in [3.63, 3.8) is 0 Å². The molecule has 9 nitrogen and oxygen atoms in total. The smallest absolute Gasteiger partial charge is 0.330 e. The molecule has 0 saturated carbocycles. The molecule has 0 spiro atoms. The largest absolute Gasteiger partial charge is 0.496 e. The maximum absolute atomic E-state index is 13.8. The third-order valence-corrected chi connectivity index (χ3v) is 8.21. The summed E-state index contributed by atoms with van der Waals surface area (Å²) in [4.78, 5) is 33.2. The molecular weight excluding hydrogens is 594 g/mol. The fourth-order valence-corrected chi connectivity index (χ4v) is 5.81. The third-order valence-electron chi connectivity index (χ3n) is 7.90. The van der Waals surface area contributed by atoms with Gasteiger partial charge in [-0.25, -0.2) is 9.78 Å². The number of aromatic nitrogens is 1. The van der Waals surface area contributed by atoms with E-state index in [-0.39, 0.29) is 18.5 Å². The first-order valence-electron chi connectivity index (χ1n) is 14.6. The second-order valence-electron chi connectivity index (χ2n) is 11.2. The van der Waals surface area contributed by atoms with E-state index in [9.17, 15) is 14.7 Å². The Balaban J connectivity index is 1.57. The van der Waals surface area contributed by atoms with Crippen molar-refractivity contribution in [2.45, 2.75) is 24.8 Å². The predicted molar refractivity (Wildman–Crippen MR) is 174 cm³/mol. The lowest BCUT2D eigenvalue weighted by molar-refractivity contribution is -0.144. The number of carboxylic acid groups (broad SMARTS) is 1. The van der Waals surface area contributed by atoms with Crippen LogP contribution in [-0.4, -0.2) is 73.9 Å². The average molecular weight is 630 g/mol. The first-order valence-corrected chi connectivity index (χ1v) is 15.0. The summed E-state index contributed by atoms with van der Waals surface area (Å²) in [6, 6.07) is 21.6. The van der Waals surface area contributed by atoms with Crippen molar-refractivity contribution >= 4 is 23.5 Å². The van der Waals surface area contributed by atoms with Gasteiger partial charge in [0.2, 0.25) is 0 Å². The van der Waals surface area contributed by atoms with Crippen LogP contribution in [0, 0.1) is 0 Å². The first kappa shape index (κ1) is 31.8. The van der Waals surface area contributed by atoms with Gasteiger partial charge >= 0.3 is 5.97 Å². The van der Waals surface area contributed by atoms with Crippen LogP contribution in [0.5, 0.6) is 17.2 Å². The Morgan fingerprint density at radius 1 is 0.933 bits per heavy atom. The molecule has 0 radical (unpaired) electrons. The molecule has 234 valence electrons. The number of hydrogen-bond acceptors (Lipinski definition) is 7. The number of ether oxygens (including phenoxy) is 3. The zero-order valence-electron chi connectivity index (χ0n) is 25.7. The van der Waals surface area contributed by atoms with Crippen molar-refractivity contribution in [3.05, 3.63) is 94.6 Å². The van der Waals surface area contributed by atoms with Gasteiger partial charge in [-0.2, -0.15) is 0 Å². The van der Waals surface area contributed by atoms with E-state index in [2.05, 4.69) is 10.2 Å². The molecule has 3 aromatic carbocycles. The summed E-state index contributed by atoms with van der Waals surface area (Å²) >= 11 is 6.52. The molecule has 45 heavy (non-hydrogen) atoms. The maximum Gasteiger partial charge on any atom is 0.330 e. The lowest BCUT2D eigenvalue weighted by atomic mass is 9.94. The molecule has 0 bridgehead atoms. The first-order chi connectivity index (χ1) is 21.7. The fraction of sp³-hybridized carbons (Fsp3) is 0.286. The van der Waals surface area contributed by atoms with Crippen molar-refractivity contribution in [2.24, 2.45) is 0 Å². The number of methoxy groups -OCH3 is 2. The monoisotopic (exact) mass is 629 g/mol. The Labute approximate surface area is 267 Å². The van der Waals surface area contributed by atoms with Crippen molar-refractivity contribution in [2.75, 3.05) is 41.5 Å². The van der Waals surface area contributed by atoms with E-state index in [1.165, 1.54) is 0 Å². The lowest BCUT2D eigenvalue weighted by Crippen LogP contribution is -2.55. The molecule has 1 aromatic heterocycles. The number of nitrogens with zero attached hydrogens (tertiary/aromatic N) is 2. The molecule has 0 unspecified atom stereocenters. The van der Waals surface area contributed by atoms with Gasteiger partial charge in [-0.3, -0.25) is 4.79 Å². The summed E-state index contributed by atoms with van der Waals surface area (Å²) in [6.07, 6.45) is 1.17. The Hall–Kier alpha value is -4.60. The number of nitrogens with one attached hydrogen (secondary N) is 1. The molecule has 0 fully saturated rings. The van der Waals surface area contributed by atoms with Crippen LogP contribution >= 0.6 is 11.6 Å². The number of rotatable bonds is 12. The Morgan fingerprint density at radius 3 is 2.20 bits per heavy atom. The summed E-state index contributed by atoms with van der Waals surface area (Å²) in [5.41, 5.74) is 2.74. The number of carbonyl (C=O) groups is 2. The summed E-state index contributed by atoms with van der Waals surface area (Å²) in [5.74, 6) is -0.110. The second-order valence-corrected chi connectivity index (χ2v) is 11.7. The van der Waals surface area contributed by atoms with Crippen LogP contribution < -0.4 is 19.5 Å². The molecule has 10 heteroatoms. The SMILES string of the molecule is COc1cccc(OC)c1-c1ccc(C(=O)NC2(C(=O)O)Cc3ccccc3C2)nc1-c1ccc(Cl)c(OCCCN(C)C)c1. The maximum atomic E-state index is 13.8. The quantitative estimate of drug-likeness (QED) is 0.190. The normalized spacial score (nSPS) is 13.3. The molecule has 1 aliphatic carbocycles. The highest BCUT2D eigenvalue weighted by molar-refractivity contribution is 6.32. The second kappa shape index (κ2) is 13.6. The minimum atomic E-state index is -1.49. The molecule has 1 aliphatic rings. The predicted octanol–water partition coefficient (Wildman–Crippen LogP) is 5.77. The van der Waals surface area contributed by atoms with E-state index >= 15 is 0 Å². The van der Waals surface area contributed by atoms with Gasteiger partial charge in [0.1, 0.15) is 28.5 Å².